The van der Waals surface area contributed by atoms with Gasteiger partial charge in [-0.2, -0.15) is 0 Å². The number of rotatable bonds is 5. The molecule has 1 rings (SSSR count). The minimum Gasteiger partial charge on any atom is -0.317 e. The molecule has 2 heteroatoms. The van der Waals surface area contributed by atoms with Gasteiger partial charge in [0, 0.05) is 12.8 Å². The summed E-state index contributed by atoms with van der Waals surface area (Å²) in [5, 5.41) is 3.32. The van der Waals surface area contributed by atoms with Crippen molar-refractivity contribution < 1.29 is 4.79 Å². The fraction of sp³-hybridized carbons (Fsp3) is 0.909. The van der Waals surface area contributed by atoms with Crippen molar-refractivity contribution in [1.82, 2.24) is 5.32 Å². The van der Waals surface area contributed by atoms with E-state index in [9.17, 15) is 4.79 Å². The van der Waals surface area contributed by atoms with E-state index < -0.39 is 0 Å². The highest BCUT2D eigenvalue weighted by atomic mass is 16.1. The second kappa shape index (κ2) is 6.14. The third kappa shape index (κ3) is 4.41. The lowest BCUT2D eigenvalue weighted by atomic mass is 9.91. The summed E-state index contributed by atoms with van der Waals surface area (Å²) >= 11 is 0. The molecule has 1 aliphatic heterocycles. The molecule has 0 amide bonds. The van der Waals surface area contributed by atoms with Gasteiger partial charge in [-0.25, -0.2) is 0 Å². The highest BCUT2D eigenvalue weighted by molar-refractivity contribution is 5.78. The van der Waals surface area contributed by atoms with Gasteiger partial charge < -0.3 is 5.32 Å². The lowest BCUT2D eigenvalue weighted by Crippen LogP contribution is -2.28. The molecule has 0 radical (unpaired) electrons. The van der Waals surface area contributed by atoms with Gasteiger partial charge in [-0.3, -0.25) is 4.79 Å². The number of hydrogen-bond acceptors (Lipinski definition) is 2. The van der Waals surface area contributed by atoms with Gasteiger partial charge >= 0.3 is 0 Å². The molecule has 0 aromatic carbocycles. The Kier molecular flexibility index (Phi) is 5.06. The first kappa shape index (κ1) is 10.7. The molecule has 0 bridgehead atoms. The molecule has 0 aromatic heterocycles. The molecule has 1 N–H and O–H groups in total. The molecule has 76 valence electrons. The molecule has 1 heterocycles. The van der Waals surface area contributed by atoms with Gasteiger partial charge in [-0.05, 0) is 38.3 Å². The molecule has 0 unspecified atom stereocenters. The van der Waals surface area contributed by atoms with Crippen LogP contribution < -0.4 is 5.32 Å². The van der Waals surface area contributed by atoms with Gasteiger partial charge in [0.2, 0.25) is 0 Å². The molecule has 2 nitrogen and oxygen atoms in total. The van der Waals surface area contributed by atoms with Crippen LogP contribution in [0.25, 0.3) is 0 Å². The van der Waals surface area contributed by atoms with Gasteiger partial charge in [0.1, 0.15) is 5.78 Å². The minimum atomic E-state index is 0.480. The monoisotopic (exact) mass is 183 g/mol. The summed E-state index contributed by atoms with van der Waals surface area (Å²) in [6.07, 6.45) is 6.24. The van der Waals surface area contributed by atoms with Crippen LogP contribution in [0.1, 0.15) is 45.4 Å². The summed E-state index contributed by atoms with van der Waals surface area (Å²) in [7, 11) is 0. The van der Waals surface area contributed by atoms with Crippen LogP contribution in [-0.4, -0.2) is 18.9 Å². The number of carbonyl (C=O) groups is 1. The van der Waals surface area contributed by atoms with E-state index in [1.165, 1.54) is 12.8 Å². The van der Waals surface area contributed by atoms with Crippen molar-refractivity contribution in [3.63, 3.8) is 0 Å². The minimum absolute atomic E-state index is 0.480. The van der Waals surface area contributed by atoms with E-state index in [4.69, 9.17) is 0 Å². The number of carbonyl (C=O) groups excluding carboxylic acids is 1. The molecule has 1 fully saturated rings. The van der Waals surface area contributed by atoms with Crippen molar-refractivity contribution in [2.24, 2.45) is 5.92 Å². The first-order chi connectivity index (χ1) is 6.33. The number of nitrogens with one attached hydrogen (secondary N) is 1. The molecule has 1 aliphatic rings. The van der Waals surface area contributed by atoms with Crippen LogP contribution in [0.3, 0.4) is 0 Å². The SMILES string of the molecule is CCCCC(=O)CC1CCNCC1. The van der Waals surface area contributed by atoms with E-state index in [-0.39, 0.29) is 0 Å². The lowest BCUT2D eigenvalue weighted by Gasteiger charge is -2.21. The first-order valence-corrected chi connectivity index (χ1v) is 5.55. The average molecular weight is 183 g/mol. The zero-order chi connectivity index (χ0) is 9.52. The maximum Gasteiger partial charge on any atom is 0.133 e. The standard InChI is InChI=1S/C11H21NO/c1-2-3-4-11(13)9-10-5-7-12-8-6-10/h10,12H,2-9H2,1H3. The molecule has 0 aromatic rings. The number of Topliss-reactive ketones (excluding diaryl/α,β-unsaturated/α-hetero) is 1. The van der Waals surface area contributed by atoms with E-state index in [0.717, 1.165) is 38.8 Å². The van der Waals surface area contributed by atoms with Crippen molar-refractivity contribution in [2.75, 3.05) is 13.1 Å². The van der Waals surface area contributed by atoms with Crippen molar-refractivity contribution in [1.29, 1.82) is 0 Å². The quantitative estimate of drug-likeness (QED) is 0.707. The van der Waals surface area contributed by atoms with Crippen LogP contribution in [0.4, 0.5) is 0 Å². The van der Waals surface area contributed by atoms with Gasteiger partial charge in [0.25, 0.3) is 0 Å². The topological polar surface area (TPSA) is 29.1 Å². The Hall–Kier alpha value is -0.370. The Morgan fingerprint density at radius 3 is 2.69 bits per heavy atom. The second-order valence-electron chi connectivity index (χ2n) is 4.04. The predicted molar refractivity (Wildman–Crippen MR) is 54.7 cm³/mol. The van der Waals surface area contributed by atoms with Crippen LogP contribution in [0, 0.1) is 5.92 Å². The normalized spacial score (nSPS) is 18.8. The van der Waals surface area contributed by atoms with E-state index in [0.29, 0.717) is 11.7 Å². The molecule has 0 aliphatic carbocycles. The molecular formula is C11H21NO. The van der Waals surface area contributed by atoms with Crippen molar-refractivity contribution in [3.8, 4) is 0 Å². The summed E-state index contributed by atoms with van der Waals surface area (Å²) in [5.74, 6) is 1.15. The Morgan fingerprint density at radius 2 is 2.08 bits per heavy atom. The van der Waals surface area contributed by atoms with Crippen LogP contribution in [0.5, 0.6) is 0 Å². The Bertz CT molecular complexity index is 150. The Morgan fingerprint density at radius 1 is 1.38 bits per heavy atom. The molecular weight excluding hydrogens is 162 g/mol. The maximum absolute atomic E-state index is 11.4. The summed E-state index contributed by atoms with van der Waals surface area (Å²) in [5.41, 5.74) is 0. The largest absolute Gasteiger partial charge is 0.317 e. The molecule has 0 atom stereocenters. The third-order valence-electron chi connectivity index (χ3n) is 2.78. The molecule has 0 saturated carbocycles. The van der Waals surface area contributed by atoms with Crippen molar-refractivity contribution in [2.45, 2.75) is 45.4 Å². The highest BCUT2D eigenvalue weighted by Crippen LogP contribution is 2.17. The third-order valence-corrected chi connectivity index (χ3v) is 2.78. The summed E-state index contributed by atoms with van der Waals surface area (Å²) in [6, 6.07) is 0. The van der Waals surface area contributed by atoms with Gasteiger partial charge in [-0.1, -0.05) is 13.3 Å². The summed E-state index contributed by atoms with van der Waals surface area (Å²) in [4.78, 5) is 11.4. The number of unbranched alkanes of at least 4 members (excludes halogenated alkanes) is 1. The van der Waals surface area contributed by atoms with E-state index in [2.05, 4.69) is 12.2 Å². The van der Waals surface area contributed by atoms with Gasteiger partial charge in [-0.15, -0.1) is 0 Å². The lowest BCUT2D eigenvalue weighted by molar-refractivity contribution is -0.120. The van der Waals surface area contributed by atoms with Crippen LogP contribution in [-0.2, 0) is 4.79 Å². The zero-order valence-corrected chi connectivity index (χ0v) is 8.64. The van der Waals surface area contributed by atoms with E-state index >= 15 is 0 Å². The molecule has 1 saturated heterocycles. The number of ketones is 1. The second-order valence-corrected chi connectivity index (χ2v) is 4.04. The van der Waals surface area contributed by atoms with Crippen LogP contribution >= 0.6 is 0 Å². The van der Waals surface area contributed by atoms with Gasteiger partial charge in [0.15, 0.2) is 0 Å². The summed E-state index contributed by atoms with van der Waals surface area (Å²) in [6.45, 7) is 4.34. The highest BCUT2D eigenvalue weighted by Gasteiger charge is 2.15. The van der Waals surface area contributed by atoms with E-state index in [1.807, 2.05) is 0 Å². The molecule has 0 spiro atoms. The summed E-state index contributed by atoms with van der Waals surface area (Å²) < 4.78 is 0. The van der Waals surface area contributed by atoms with Crippen LogP contribution in [0.2, 0.25) is 0 Å². The van der Waals surface area contributed by atoms with Crippen LogP contribution in [0.15, 0.2) is 0 Å². The smallest absolute Gasteiger partial charge is 0.133 e. The molecule has 13 heavy (non-hydrogen) atoms. The fourth-order valence-corrected chi connectivity index (χ4v) is 1.88. The zero-order valence-electron chi connectivity index (χ0n) is 8.64. The first-order valence-electron chi connectivity index (χ1n) is 5.55. The number of piperidine rings is 1. The Balaban J connectivity index is 2.11. The maximum atomic E-state index is 11.4. The van der Waals surface area contributed by atoms with Gasteiger partial charge in [0.05, 0.1) is 0 Å². The fourth-order valence-electron chi connectivity index (χ4n) is 1.88. The average Bonchev–Trinajstić information content (AvgIpc) is 2.16. The number of hydrogen-bond donors (Lipinski definition) is 1. The van der Waals surface area contributed by atoms with E-state index in [1.54, 1.807) is 0 Å². The predicted octanol–water partition coefficient (Wildman–Crippen LogP) is 2.14. The van der Waals surface area contributed by atoms with Crippen molar-refractivity contribution in [3.05, 3.63) is 0 Å². The van der Waals surface area contributed by atoms with Crippen molar-refractivity contribution >= 4 is 5.78 Å². The Labute approximate surface area is 81.1 Å².